The fourth-order valence-corrected chi connectivity index (χ4v) is 5.74. The average molecular weight is 804 g/mol. The van der Waals surface area contributed by atoms with E-state index in [1.807, 2.05) is 24.3 Å². The largest absolute Gasteiger partial charge is 0.480 e. The number of carbonyl (C=O) groups is 8. The minimum Gasteiger partial charge on any atom is -0.480 e. The molecule has 7 amide bonds. The molecule has 20 heteroatoms. The predicted molar refractivity (Wildman–Crippen MR) is 206 cm³/mol. The molecule has 1 aromatic carbocycles. The Morgan fingerprint density at radius 3 is 1.63 bits per heavy atom. The molecular weight excluding hydrogens is 746 g/mol. The Bertz CT molecular complexity index is 1730. The van der Waals surface area contributed by atoms with Crippen LogP contribution in [0.4, 0.5) is 0 Å². The Balaban J connectivity index is 2.13. The van der Waals surface area contributed by atoms with Gasteiger partial charge in [-0.15, -0.1) is 0 Å². The fraction of sp³-hybridized carbons (Fsp3) is 0.568. The zero-order valence-corrected chi connectivity index (χ0v) is 32.8. The summed E-state index contributed by atoms with van der Waals surface area (Å²) in [4.78, 5) is 105. The summed E-state index contributed by atoms with van der Waals surface area (Å²) in [5.41, 5.74) is 13.0. The topological polar surface area (TPSA) is 337 Å². The minimum atomic E-state index is -1.70. The van der Waals surface area contributed by atoms with E-state index in [1.165, 1.54) is 6.92 Å². The van der Waals surface area contributed by atoms with Crippen molar-refractivity contribution in [2.45, 2.75) is 109 Å². The third kappa shape index (κ3) is 15.5. The number of aliphatic hydroxyl groups is 2. The van der Waals surface area contributed by atoms with E-state index in [0.29, 0.717) is 0 Å². The predicted octanol–water partition coefficient (Wildman–Crippen LogP) is -2.61. The van der Waals surface area contributed by atoms with Crippen LogP contribution in [0, 0.1) is 11.8 Å². The lowest BCUT2D eigenvalue weighted by atomic mass is 9.99. The van der Waals surface area contributed by atoms with Crippen LogP contribution in [0.15, 0.2) is 30.5 Å². The zero-order valence-electron chi connectivity index (χ0n) is 32.8. The SMILES string of the molecule is CC(C)C[C@H](NC(=O)[C@H](CO)NC(=O)[C@H](C)NC(=O)[C@@H](N)Cc1c[nH]c2ccccc12)C(=O)N[C@@H](CC(C)C)C(=O)N[C@@H](CCC(N)=O)C(=O)N[C@@H](CO)C(=O)O. The number of amides is 7. The summed E-state index contributed by atoms with van der Waals surface area (Å²) in [5, 5.41) is 43.9. The number of carbonyl (C=O) groups excluding carboxylic acids is 7. The van der Waals surface area contributed by atoms with Gasteiger partial charge in [-0.2, -0.15) is 0 Å². The molecule has 2 rings (SSSR count). The first-order valence-corrected chi connectivity index (χ1v) is 18.6. The molecule has 20 nitrogen and oxygen atoms in total. The first-order valence-electron chi connectivity index (χ1n) is 18.6. The molecular formula is C37H57N9O11. The first-order chi connectivity index (χ1) is 26.8. The van der Waals surface area contributed by atoms with Crippen LogP contribution in [-0.2, 0) is 44.8 Å². The van der Waals surface area contributed by atoms with Gasteiger partial charge in [0.05, 0.1) is 19.3 Å². The first kappa shape index (κ1) is 47.6. The fourth-order valence-electron chi connectivity index (χ4n) is 5.74. The van der Waals surface area contributed by atoms with E-state index >= 15 is 0 Å². The summed E-state index contributed by atoms with van der Waals surface area (Å²) in [6.07, 6.45) is 1.33. The Kier molecular flexibility index (Phi) is 19.0. The number of hydrogen-bond acceptors (Lipinski definition) is 11. The van der Waals surface area contributed by atoms with Crippen LogP contribution in [0.2, 0.25) is 0 Å². The van der Waals surface area contributed by atoms with Gasteiger partial charge in [-0.1, -0.05) is 45.9 Å². The molecule has 1 aromatic heterocycles. The number of nitrogens with one attached hydrogen (secondary N) is 7. The maximum Gasteiger partial charge on any atom is 0.328 e. The maximum absolute atomic E-state index is 13.7. The molecule has 14 N–H and O–H groups in total. The Hall–Kier alpha value is -5.60. The molecule has 0 unspecified atom stereocenters. The van der Waals surface area contributed by atoms with E-state index in [1.54, 1.807) is 33.9 Å². The Labute approximate surface area is 330 Å². The maximum atomic E-state index is 13.7. The van der Waals surface area contributed by atoms with Gasteiger partial charge >= 0.3 is 5.97 Å². The van der Waals surface area contributed by atoms with Gasteiger partial charge in [0.1, 0.15) is 36.3 Å². The zero-order chi connectivity index (χ0) is 43.0. The third-order valence-electron chi connectivity index (χ3n) is 8.81. The molecule has 0 aliphatic rings. The molecule has 0 fully saturated rings. The van der Waals surface area contributed by atoms with Crippen molar-refractivity contribution in [2.75, 3.05) is 13.2 Å². The second kappa shape index (κ2) is 22.8. The summed E-state index contributed by atoms with van der Waals surface area (Å²) < 4.78 is 0. The number of hydrogen-bond donors (Lipinski definition) is 12. The van der Waals surface area contributed by atoms with Crippen LogP contribution >= 0.6 is 0 Å². The van der Waals surface area contributed by atoms with E-state index in [9.17, 15) is 53.7 Å². The van der Waals surface area contributed by atoms with Gasteiger partial charge < -0.3 is 63.7 Å². The van der Waals surface area contributed by atoms with Crippen LogP contribution in [0.3, 0.4) is 0 Å². The highest BCUT2D eigenvalue weighted by Crippen LogP contribution is 2.19. The molecule has 2 aromatic rings. The molecule has 0 saturated carbocycles. The summed E-state index contributed by atoms with van der Waals surface area (Å²) in [7, 11) is 0. The van der Waals surface area contributed by atoms with E-state index in [4.69, 9.17) is 11.5 Å². The smallest absolute Gasteiger partial charge is 0.328 e. The number of H-pyrrole nitrogens is 1. The highest BCUT2D eigenvalue weighted by Gasteiger charge is 2.33. The quantitative estimate of drug-likeness (QED) is 0.0520. The van der Waals surface area contributed by atoms with Crippen LogP contribution in [0.1, 0.15) is 65.9 Å². The molecule has 0 bridgehead atoms. The highest BCUT2D eigenvalue weighted by atomic mass is 16.4. The number of primary amides is 1. The Morgan fingerprint density at radius 2 is 1.12 bits per heavy atom. The molecule has 0 aliphatic heterocycles. The number of aromatic nitrogens is 1. The number of nitrogens with two attached hydrogens (primary N) is 2. The number of aromatic amines is 1. The number of carboxylic acid groups (broad SMARTS) is 1. The number of carboxylic acids is 1. The molecule has 0 aliphatic carbocycles. The van der Waals surface area contributed by atoms with Crippen molar-refractivity contribution < 1.29 is 53.7 Å². The minimum absolute atomic E-state index is 0.0445. The lowest BCUT2D eigenvalue weighted by Crippen LogP contribution is -2.60. The number of benzene rings is 1. The van der Waals surface area contributed by atoms with E-state index in [2.05, 4.69) is 36.9 Å². The summed E-state index contributed by atoms with van der Waals surface area (Å²) in [6, 6.07) is -2.01. The number of para-hydroxylation sites is 1. The summed E-state index contributed by atoms with van der Waals surface area (Å²) in [6.45, 7) is 6.58. The van der Waals surface area contributed by atoms with Crippen LogP contribution < -0.4 is 43.4 Å². The number of aliphatic hydroxyl groups excluding tert-OH is 2. The van der Waals surface area contributed by atoms with Gasteiger partial charge in [-0.3, -0.25) is 33.6 Å². The monoisotopic (exact) mass is 803 g/mol. The van der Waals surface area contributed by atoms with E-state index < -0.39 is 103 Å². The summed E-state index contributed by atoms with van der Waals surface area (Å²) in [5.74, 6) is -7.82. The van der Waals surface area contributed by atoms with Gasteiger partial charge in [0.25, 0.3) is 0 Å². The van der Waals surface area contributed by atoms with Crippen molar-refractivity contribution in [3.05, 3.63) is 36.0 Å². The second-order valence-corrected chi connectivity index (χ2v) is 14.7. The molecule has 316 valence electrons. The van der Waals surface area contributed by atoms with Crippen molar-refractivity contribution in [2.24, 2.45) is 23.3 Å². The van der Waals surface area contributed by atoms with E-state index in [0.717, 1.165) is 16.5 Å². The molecule has 0 spiro atoms. The highest BCUT2D eigenvalue weighted by molar-refractivity contribution is 5.97. The van der Waals surface area contributed by atoms with Crippen LogP contribution in [-0.4, -0.2) is 123 Å². The van der Waals surface area contributed by atoms with Gasteiger partial charge in [0, 0.05) is 23.5 Å². The molecule has 1 heterocycles. The number of fused-ring (bicyclic) bond motifs is 1. The van der Waals surface area contributed by atoms with Crippen molar-refractivity contribution >= 4 is 58.2 Å². The van der Waals surface area contributed by atoms with Gasteiger partial charge in [0.15, 0.2) is 0 Å². The summed E-state index contributed by atoms with van der Waals surface area (Å²) >= 11 is 0. The van der Waals surface area contributed by atoms with Crippen LogP contribution in [0.5, 0.6) is 0 Å². The Morgan fingerprint density at radius 1 is 0.649 bits per heavy atom. The molecule has 0 radical (unpaired) electrons. The average Bonchev–Trinajstić information content (AvgIpc) is 3.55. The molecule has 0 saturated heterocycles. The number of rotatable bonds is 24. The standard InChI is InChI=1S/C37H57N9O11/c1-18(2)12-26(34(53)42-25(10-11-30(39)49)33(52)46-29(17-48)37(56)57)43-35(54)27(13-19(3)4)44-36(55)28(16-47)45-31(50)20(5)41-32(51)23(38)14-21-15-40-24-9-7-6-8-22(21)24/h6-9,15,18-20,23,25-29,40,47-48H,10-14,16-17,38H2,1-5H3,(H2,39,49)(H,41,51)(H,42,53)(H,43,54)(H,44,55)(H,45,50)(H,46,52)(H,56,57)/t20-,23-,25-,26-,27-,28-,29-/m0/s1. The van der Waals surface area contributed by atoms with Crippen molar-refractivity contribution in [1.82, 2.24) is 36.9 Å². The van der Waals surface area contributed by atoms with Crippen molar-refractivity contribution in [3.63, 3.8) is 0 Å². The van der Waals surface area contributed by atoms with Gasteiger partial charge in [-0.25, -0.2) is 4.79 Å². The van der Waals surface area contributed by atoms with Crippen LogP contribution in [0.25, 0.3) is 10.9 Å². The second-order valence-electron chi connectivity index (χ2n) is 14.7. The molecule has 7 atom stereocenters. The van der Waals surface area contributed by atoms with Crippen molar-refractivity contribution in [1.29, 1.82) is 0 Å². The lowest BCUT2D eigenvalue weighted by molar-refractivity contribution is -0.143. The number of aliphatic carboxylic acids is 1. The lowest BCUT2D eigenvalue weighted by Gasteiger charge is -2.28. The van der Waals surface area contributed by atoms with E-state index in [-0.39, 0.29) is 43.9 Å². The molecule has 57 heavy (non-hydrogen) atoms. The van der Waals surface area contributed by atoms with Crippen molar-refractivity contribution in [3.8, 4) is 0 Å². The van der Waals surface area contributed by atoms with Gasteiger partial charge in [-0.05, 0) is 56.1 Å². The normalized spacial score (nSPS) is 15.0. The third-order valence-corrected chi connectivity index (χ3v) is 8.81. The van der Waals surface area contributed by atoms with Gasteiger partial charge in [0.2, 0.25) is 41.4 Å².